The van der Waals surface area contributed by atoms with Crippen molar-refractivity contribution in [3.8, 4) is 17.0 Å². The maximum atomic E-state index is 13.0. The van der Waals surface area contributed by atoms with Gasteiger partial charge in [-0.15, -0.1) is 0 Å². The minimum Gasteiger partial charge on any atom is -0.494 e. The molecule has 0 aliphatic heterocycles. The zero-order valence-electron chi connectivity index (χ0n) is 20.6. The molecule has 10 heteroatoms. The Kier molecular flexibility index (Phi) is 6.83. The lowest BCUT2D eigenvalue weighted by Gasteiger charge is -2.24. The Bertz CT molecular complexity index is 1400. The quantitative estimate of drug-likeness (QED) is 0.372. The molecule has 4 rings (SSSR count). The average Bonchev–Trinajstić information content (AvgIpc) is 2.85. The van der Waals surface area contributed by atoms with E-state index >= 15 is 0 Å². The lowest BCUT2D eigenvalue weighted by Crippen LogP contribution is -2.29. The highest BCUT2D eigenvalue weighted by Crippen LogP contribution is 2.36. The van der Waals surface area contributed by atoms with Crippen LogP contribution in [-0.2, 0) is 7.05 Å². The lowest BCUT2D eigenvalue weighted by molar-refractivity contribution is 0.413. The van der Waals surface area contributed by atoms with Gasteiger partial charge in [-0.1, -0.05) is 30.3 Å². The molecule has 0 fully saturated rings. The highest BCUT2D eigenvalue weighted by molar-refractivity contribution is 5.80. The molecule has 0 spiro atoms. The van der Waals surface area contributed by atoms with Crippen molar-refractivity contribution in [3.63, 3.8) is 0 Å². The van der Waals surface area contributed by atoms with E-state index in [0.29, 0.717) is 39.9 Å². The molecule has 3 N–H and O–H groups in total. The van der Waals surface area contributed by atoms with Crippen LogP contribution < -0.4 is 26.2 Å². The van der Waals surface area contributed by atoms with Gasteiger partial charge in [-0.2, -0.15) is 4.98 Å². The van der Waals surface area contributed by atoms with E-state index in [0.717, 1.165) is 24.3 Å². The van der Waals surface area contributed by atoms with Crippen molar-refractivity contribution in [2.75, 3.05) is 57.3 Å². The highest BCUT2D eigenvalue weighted by Gasteiger charge is 2.16. The fourth-order valence-corrected chi connectivity index (χ4v) is 3.73. The molecule has 0 aliphatic carbocycles. The van der Waals surface area contributed by atoms with Crippen LogP contribution in [0.4, 0.5) is 23.0 Å². The van der Waals surface area contributed by atoms with E-state index in [2.05, 4.69) is 30.1 Å². The van der Waals surface area contributed by atoms with Crippen LogP contribution in [0, 0.1) is 0 Å². The molecule has 35 heavy (non-hydrogen) atoms. The van der Waals surface area contributed by atoms with E-state index in [1.54, 1.807) is 26.4 Å². The number of aromatic nitrogens is 4. The van der Waals surface area contributed by atoms with Gasteiger partial charge in [0.15, 0.2) is 5.65 Å². The summed E-state index contributed by atoms with van der Waals surface area (Å²) in [4.78, 5) is 30.6. The van der Waals surface area contributed by atoms with Crippen molar-refractivity contribution in [2.24, 2.45) is 7.05 Å². The highest BCUT2D eigenvalue weighted by atomic mass is 16.5. The first kappa shape index (κ1) is 24.0. The third kappa shape index (κ3) is 5.02. The van der Waals surface area contributed by atoms with E-state index < -0.39 is 0 Å². The second-order valence-corrected chi connectivity index (χ2v) is 8.55. The maximum Gasteiger partial charge on any atom is 0.278 e. The third-order valence-electron chi connectivity index (χ3n) is 5.74. The molecule has 2 aromatic carbocycles. The number of nitrogens with one attached hydrogen (secondary N) is 1. The van der Waals surface area contributed by atoms with Gasteiger partial charge in [-0.3, -0.25) is 9.36 Å². The molecule has 0 aliphatic rings. The van der Waals surface area contributed by atoms with Crippen molar-refractivity contribution in [1.29, 1.82) is 0 Å². The molecule has 2 heterocycles. The Morgan fingerprint density at radius 2 is 1.83 bits per heavy atom. The molecule has 4 aromatic rings. The van der Waals surface area contributed by atoms with E-state index in [1.165, 1.54) is 4.57 Å². The monoisotopic (exact) mass is 474 g/mol. The molecule has 2 aromatic heterocycles. The summed E-state index contributed by atoms with van der Waals surface area (Å²) in [6, 6.07) is 13.0. The van der Waals surface area contributed by atoms with Crippen molar-refractivity contribution < 1.29 is 4.74 Å². The topological polar surface area (TPSA) is 114 Å². The molecule has 0 amide bonds. The van der Waals surface area contributed by atoms with Gasteiger partial charge < -0.3 is 25.6 Å². The Labute approximate surface area is 204 Å². The molecule has 182 valence electrons. The van der Waals surface area contributed by atoms with Crippen LogP contribution in [0.3, 0.4) is 0 Å². The van der Waals surface area contributed by atoms with E-state index in [9.17, 15) is 4.79 Å². The van der Waals surface area contributed by atoms with E-state index in [1.807, 2.05) is 57.5 Å². The number of ether oxygens (including phenoxy) is 1. The van der Waals surface area contributed by atoms with Crippen molar-refractivity contribution in [3.05, 3.63) is 59.0 Å². The second kappa shape index (κ2) is 9.98. The number of nitrogen functional groups attached to an aromatic ring is 1. The Morgan fingerprint density at radius 1 is 1.09 bits per heavy atom. The molecule has 0 saturated carbocycles. The van der Waals surface area contributed by atoms with Gasteiger partial charge in [-0.05, 0) is 20.2 Å². The molecule has 0 atom stereocenters. The summed E-state index contributed by atoms with van der Waals surface area (Å²) >= 11 is 0. The molecule has 0 bridgehead atoms. The van der Waals surface area contributed by atoms with Gasteiger partial charge in [0, 0.05) is 38.8 Å². The van der Waals surface area contributed by atoms with E-state index in [4.69, 9.17) is 10.5 Å². The molecule has 10 nitrogen and oxygen atoms in total. The van der Waals surface area contributed by atoms with Gasteiger partial charge >= 0.3 is 0 Å². The summed E-state index contributed by atoms with van der Waals surface area (Å²) in [6.45, 7) is 1.70. The summed E-state index contributed by atoms with van der Waals surface area (Å²) in [6.07, 6.45) is 1.59. The number of benzene rings is 2. The number of likely N-dealkylation sites (N-methyl/N-ethyl adjacent to an activating group) is 2. The normalized spacial score (nSPS) is 11.1. The van der Waals surface area contributed by atoms with Gasteiger partial charge in [0.25, 0.3) is 5.56 Å². The molecular formula is C25H30N8O2. The smallest absolute Gasteiger partial charge is 0.278 e. The number of nitrogens with zero attached hydrogens (tertiary/aromatic N) is 6. The number of aryl methyl sites for hydroxylation is 1. The molecule has 0 unspecified atom stereocenters. The molecule has 0 radical (unpaired) electrons. The predicted octanol–water partition coefficient (Wildman–Crippen LogP) is 2.72. The van der Waals surface area contributed by atoms with Crippen LogP contribution in [-0.4, -0.2) is 65.8 Å². The van der Waals surface area contributed by atoms with Crippen LogP contribution in [0.5, 0.6) is 5.75 Å². The van der Waals surface area contributed by atoms with Gasteiger partial charge in [0.2, 0.25) is 5.95 Å². The predicted molar refractivity (Wildman–Crippen MR) is 141 cm³/mol. The first-order valence-electron chi connectivity index (χ1n) is 11.2. The Hall–Kier alpha value is -4.18. The first-order chi connectivity index (χ1) is 16.8. The standard InChI is InChI=1S/C25H30N8O2/c1-31(2)11-12-32(3)20-14-21(35-5)18(13-17(20)26)29-25-27-15-19-23(30-25)33(4)24(34)22(28-19)16-9-7-6-8-10-16/h6-10,13-15H,11-12,26H2,1-5H3,(H,27,29,30). The summed E-state index contributed by atoms with van der Waals surface area (Å²) in [7, 11) is 9.32. The average molecular weight is 475 g/mol. The van der Waals surface area contributed by atoms with Crippen molar-refractivity contribution >= 4 is 34.2 Å². The van der Waals surface area contributed by atoms with Gasteiger partial charge in [0.1, 0.15) is 17.0 Å². The minimum atomic E-state index is -0.236. The molecule has 0 saturated heterocycles. The Balaban J connectivity index is 1.67. The van der Waals surface area contributed by atoms with Crippen LogP contribution in [0.25, 0.3) is 22.4 Å². The Morgan fingerprint density at radius 3 is 2.51 bits per heavy atom. The number of fused-ring (bicyclic) bond motifs is 1. The van der Waals surface area contributed by atoms with Crippen molar-refractivity contribution in [1.82, 2.24) is 24.4 Å². The van der Waals surface area contributed by atoms with Gasteiger partial charge in [0.05, 0.1) is 30.4 Å². The fraction of sp³-hybridized carbons (Fsp3) is 0.280. The summed E-state index contributed by atoms with van der Waals surface area (Å²) < 4.78 is 7.08. The number of hydrogen-bond donors (Lipinski definition) is 2. The summed E-state index contributed by atoms with van der Waals surface area (Å²) in [5, 5.41) is 3.17. The number of hydrogen-bond acceptors (Lipinski definition) is 9. The number of anilines is 4. The number of rotatable bonds is 8. The van der Waals surface area contributed by atoms with Crippen molar-refractivity contribution in [2.45, 2.75) is 0 Å². The lowest BCUT2D eigenvalue weighted by atomic mass is 10.1. The maximum absolute atomic E-state index is 13.0. The molecular weight excluding hydrogens is 444 g/mol. The first-order valence-corrected chi connectivity index (χ1v) is 11.2. The summed E-state index contributed by atoms with van der Waals surface area (Å²) in [5.74, 6) is 0.897. The number of nitrogens with two attached hydrogens (primary N) is 1. The van der Waals surface area contributed by atoms with Crippen LogP contribution >= 0.6 is 0 Å². The fourth-order valence-electron chi connectivity index (χ4n) is 3.73. The zero-order chi connectivity index (χ0) is 25.1. The summed E-state index contributed by atoms with van der Waals surface area (Å²) in [5.41, 5.74) is 10.2. The minimum absolute atomic E-state index is 0.236. The van der Waals surface area contributed by atoms with Crippen LogP contribution in [0.2, 0.25) is 0 Å². The third-order valence-corrected chi connectivity index (χ3v) is 5.74. The zero-order valence-corrected chi connectivity index (χ0v) is 20.6. The van der Waals surface area contributed by atoms with Crippen LogP contribution in [0.15, 0.2) is 53.5 Å². The second-order valence-electron chi connectivity index (χ2n) is 8.55. The SMILES string of the molecule is COc1cc(N(C)CCN(C)C)c(N)cc1Nc1ncc2nc(-c3ccccc3)c(=O)n(C)c2n1. The van der Waals surface area contributed by atoms with Crippen LogP contribution in [0.1, 0.15) is 0 Å². The van der Waals surface area contributed by atoms with E-state index in [-0.39, 0.29) is 5.56 Å². The van der Waals surface area contributed by atoms with Gasteiger partial charge in [-0.25, -0.2) is 9.97 Å². The number of methoxy groups -OCH3 is 1. The largest absolute Gasteiger partial charge is 0.494 e.